The van der Waals surface area contributed by atoms with Crippen molar-refractivity contribution < 1.29 is 9.59 Å². The summed E-state index contributed by atoms with van der Waals surface area (Å²) in [6, 6.07) is 16.5. The number of benzene rings is 2. The summed E-state index contributed by atoms with van der Waals surface area (Å²) in [6.07, 6.45) is 1.19. The average Bonchev–Trinajstić information content (AvgIpc) is 2.53. The number of aryl methyl sites for hydroxylation is 1. The molecule has 2 aromatic carbocycles. The summed E-state index contributed by atoms with van der Waals surface area (Å²) >= 11 is 0. The van der Waals surface area contributed by atoms with Crippen molar-refractivity contribution >= 4 is 17.6 Å². The number of urea groups is 1. The van der Waals surface area contributed by atoms with Crippen molar-refractivity contribution in [1.29, 1.82) is 0 Å². The van der Waals surface area contributed by atoms with Crippen LogP contribution in [0.25, 0.3) is 0 Å². The van der Waals surface area contributed by atoms with E-state index >= 15 is 0 Å². The first-order valence-corrected chi connectivity index (χ1v) is 7.09. The highest BCUT2D eigenvalue weighted by Crippen LogP contribution is 2.09. The van der Waals surface area contributed by atoms with Gasteiger partial charge in [0.2, 0.25) is 5.91 Å². The quantitative estimate of drug-likeness (QED) is 0.765. The van der Waals surface area contributed by atoms with Crippen molar-refractivity contribution in [3.05, 3.63) is 65.7 Å². The molecule has 22 heavy (non-hydrogen) atoms. The molecule has 2 rings (SSSR count). The molecular formula is C17H19N3O2. The lowest BCUT2D eigenvalue weighted by molar-refractivity contribution is -0.121. The summed E-state index contributed by atoms with van der Waals surface area (Å²) in [4.78, 5) is 22.5. The summed E-state index contributed by atoms with van der Waals surface area (Å²) < 4.78 is 0. The number of rotatable bonds is 6. The van der Waals surface area contributed by atoms with Crippen LogP contribution in [0, 0.1) is 0 Å². The van der Waals surface area contributed by atoms with Crippen molar-refractivity contribution in [1.82, 2.24) is 5.32 Å². The Morgan fingerprint density at radius 2 is 1.59 bits per heavy atom. The number of nitrogens with two attached hydrogens (primary N) is 1. The van der Waals surface area contributed by atoms with Crippen LogP contribution >= 0.6 is 0 Å². The van der Waals surface area contributed by atoms with Gasteiger partial charge in [0.1, 0.15) is 0 Å². The minimum absolute atomic E-state index is 0.0168. The number of amides is 3. The molecule has 0 spiro atoms. The fourth-order valence-corrected chi connectivity index (χ4v) is 2.04. The van der Waals surface area contributed by atoms with Crippen molar-refractivity contribution in [2.24, 2.45) is 5.73 Å². The van der Waals surface area contributed by atoms with Gasteiger partial charge in [0.15, 0.2) is 0 Å². The number of hydrogen-bond acceptors (Lipinski definition) is 2. The molecule has 0 atom stereocenters. The summed E-state index contributed by atoms with van der Waals surface area (Å²) in [7, 11) is 0. The second-order valence-electron chi connectivity index (χ2n) is 4.95. The number of carbonyl (C=O) groups is 2. The number of nitrogens with one attached hydrogen (secondary N) is 2. The minimum Gasteiger partial charge on any atom is -0.352 e. The van der Waals surface area contributed by atoms with Crippen LogP contribution in [0.4, 0.5) is 10.5 Å². The summed E-state index contributed by atoms with van der Waals surface area (Å²) in [5, 5.41) is 5.37. The molecule has 0 aromatic heterocycles. The molecule has 5 heteroatoms. The summed E-state index contributed by atoms with van der Waals surface area (Å²) in [6.45, 7) is 0.463. The van der Waals surface area contributed by atoms with E-state index in [1.807, 2.05) is 42.5 Å². The molecule has 0 heterocycles. The number of hydrogen-bond donors (Lipinski definition) is 3. The largest absolute Gasteiger partial charge is 0.352 e. The molecule has 3 amide bonds. The van der Waals surface area contributed by atoms with Crippen LogP contribution in [0.2, 0.25) is 0 Å². The van der Waals surface area contributed by atoms with Gasteiger partial charge >= 0.3 is 6.03 Å². The zero-order valence-electron chi connectivity index (χ0n) is 12.2. The molecule has 0 unspecified atom stereocenters. The second-order valence-corrected chi connectivity index (χ2v) is 4.95. The molecule has 0 saturated heterocycles. The van der Waals surface area contributed by atoms with Crippen LogP contribution in [-0.4, -0.2) is 11.9 Å². The SMILES string of the molecule is NC(=O)Nc1ccc(CNC(=O)CCc2ccccc2)cc1. The third-order valence-corrected chi connectivity index (χ3v) is 3.19. The van der Waals surface area contributed by atoms with Gasteiger partial charge in [0, 0.05) is 18.7 Å². The van der Waals surface area contributed by atoms with E-state index in [2.05, 4.69) is 10.6 Å². The van der Waals surface area contributed by atoms with E-state index in [9.17, 15) is 9.59 Å². The number of primary amides is 1. The molecule has 5 nitrogen and oxygen atoms in total. The summed E-state index contributed by atoms with van der Waals surface area (Å²) in [5.41, 5.74) is 7.78. The predicted molar refractivity (Wildman–Crippen MR) is 86.3 cm³/mol. The highest BCUT2D eigenvalue weighted by atomic mass is 16.2. The standard InChI is InChI=1S/C17H19N3O2/c18-17(22)20-15-9-6-14(7-10-15)12-19-16(21)11-8-13-4-2-1-3-5-13/h1-7,9-10H,8,11-12H2,(H,19,21)(H3,18,20,22). The van der Waals surface area contributed by atoms with Gasteiger partial charge in [-0.05, 0) is 29.7 Å². The molecule has 0 aliphatic carbocycles. The Morgan fingerprint density at radius 1 is 0.909 bits per heavy atom. The third kappa shape index (κ3) is 5.28. The zero-order chi connectivity index (χ0) is 15.8. The Morgan fingerprint density at radius 3 is 2.23 bits per heavy atom. The van der Waals surface area contributed by atoms with E-state index in [1.54, 1.807) is 12.1 Å². The second kappa shape index (κ2) is 7.83. The maximum atomic E-state index is 11.8. The zero-order valence-corrected chi connectivity index (χ0v) is 12.2. The van der Waals surface area contributed by atoms with Gasteiger partial charge in [-0.15, -0.1) is 0 Å². The molecule has 0 radical (unpaired) electrons. The lowest BCUT2D eigenvalue weighted by atomic mass is 10.1. The van der Waals surface area contributed by atoms with E-state index in [0.29, 0.717) is 18.7 Å². The summed E-state index contributed by atoms with van der Waals surface area (Å²) in [5.74, 6) is 0.0168. The molecule has 0 aliphatic rings. The third-order valence-electron chi connectivity index (χ3n) is 3.19. The molecule has 0 saturated carbocycles. The van der Waals surface area contributed by atoms with Gasteiger partial charge in [0.05, 0.1) is 0 Å². The van der Waals surface area contributed by atoms with Crippen LogP contribution in [0.5, 0.6) is 0 Å². The number of carbonyl (C=O) groups excluding carboxylic acids is 2. The molecule has 2 aromatic rings. The van der Waals surface area contributed by atoms with Crippen molar-refractivity contribution in [3.63, 3.8) is 0 Å². The van der Waals surface area contributed by atoms with Crippen LogP contribution in [-0.2, 0) is 17.8 Å². The number of anilines is 1. The van der Waals surface area contributed by atoms with Gasteiger partial charge in [0.25, 0.3) is 0 Å². The fraction of sp³-hybridized carbons (Fsp3) is 0.176. The maximum absolute atomic E-state index is 11.8. The van der Waals surface area contributed by atoms with Crippen LogP contribution in [0.1, 0.15) is 17.5 Å². The first kappa shape index (κ1) is 15.6. The molecule has 0 bridgehead atoms. The van der Waals surface area contributed by atoms with Gasteiger partial charge in [-0.3, -0.25) is 4.79 Å². The topological polar surface area (TPSA) is 84.2 Å². The Bertz CT molecular complexity index is 624. The minimum atomic E-state index is -0.595. The molecule has 0 aliphatic heterocycles. The predicted octanol–water partition coefficient (Wildman–Crippen LogP) is 2.43. The van der Waals surface area contributed by atoms with Crippen molar-refractivity contribution in [2.45, 2.75) is 19.4 Å². The first-order valence-electron chi connectivity index (χ1n) is 7.09. The molecular weight excluding hydrogens is 278 g/mol. The molecule has 114 valence electrons. The highest BCUT2D eigenvalue weighted by Gasteiger charge is 2.03. The van der Waals surface area contributed by atoms with E-state index < -0.39 is 6.03 Å². The van der Waals surface area contributed by atoms with Gasteiger partial charge in [-0.2, -0.15) is 0 Å². The molecule has 4 N–H and O–H groups in total. The lowest BCUT2D eigenvalue weighted by Gasteiger charge is -2.07. The van der Waals surface area contributed by atoms with Crippen molar-refractivity contribution in [3.8, 4) is 0 Å². The normalized spacial score (nSPS) is 10.0. The van der Waals surface area contributed by atoms with Gasteiger partial charge in [-0.25, -0.2) is 4.79 Å². The van der Waals surface area contributed by atoms with Crippen molar-refractivity contribution in [2.75, 3.05) is 5.32 Å². The average molecular weight is 297 g/mol. The monoisotopic (exact) mass is 297 g/mol. The van der Waals surface area contributed by atoms with Crippen LogP contribution in [0.15, 0.2) is 54.6 Å². The Balaban J connectivity index is 1.75. The van der Waals surface area contributed by atoms with E-state index in [1.165, 1.54) is 0 Å². The lowest BCUT2D eigenvalue weighted by Crippen LogP contribution is -2.23. The Hall–Kier alpha value is -2.82. The van der Waals surface area contributed by atoms with E-state index in [4.69, 9.17) is 5.73 Å². The maximum Gasteiger partial charge on any atom is 0.316 e. The smallest absolute Gasteiger partial charge is 0.316 e. The Labute approximate surface area is 129 Å². The van der Waals surface area contributed by atoms with Gasteiger partial charge < -0.3 is 16.4 Å². The van der Waals surface area contributed by atoms with E-state index in [-0.39, 0.29) is 5.91 Å². The van der Waals surface area contributed by atoms with E-state index in [0.717, 1.165) is 17.5 Å². The first-order chi connectivity index (χ1) is 10.6. The highest BCUT2D eigenvalue weighted by molar-refractivity contribution is 5.87. The fourth-order valence-electron chi connectivity index (χ4n) is 2.04. The molecule has 0 fully saturated rings. The van der Waals surface area contributed by atoms with Crippen LogP contribution in [0.3, 0.4) is 0 Å². The van der Waals surface area contributed by atoms with Crippen LogP contribution < -0.4 is 16.4 Å². The van der Waals surface area contributed by atoms with Gasteiger partial charge in [-0.1, -0.05) is 42.5 Å². The Kier molecular flexibility index (Phi) is 5.54.